The van der Waals surface area contributed by atoms with E-state index >= 15 is 0 Å². The van der Waals surface area contributed by atoms with Gasteiger partial charge in [-0.1, -0.05) is 12.1 Å². The highest BCUT2D eigenvalue weighted by Gasteiger charge is 2.25. The van der Waals surface area contributed by atoms with Crippen LogP contribution in [0.2, 0.25) is 0 Å². The average molecular weight is 245 g/mol. The molecule has 0 saturated heterocycles. The monoisotopic (exact) mass is 244 g/mol. The maximum absolute atomic E-state index is 12.6. The number of rotatable bonds is 4. The van der Waals surface area contributed by atoms with E-state index in [9.17, 15) is 14.0 Å². The Morgan fingerprint density at radius 3 is 2.44 bits per heavy atom. The molecule has 1 aromatic rings. The van der Waals surface area contributed by atoms with E-state index < -0.39 is 22.9 Å². The maximum atomic E-state index is 12.6. The Labute approximate surface area is 97.2 Å². The summed E-state index contributed by atoms with van der Waals surface area (Å²) in [5.41, 5.74) is 0.362. The number of hydrogen-bond donors (Lipinski definition) is 0. The van der Waals surface area contributed by atoms with Gasteiger partial charge >= 0.3 is 5.97 Å². The Morgan fingerprint density at radius 2 is 1.94 bits per heavy atom. The first-order chi connectivity index (χ1) is 7.56. The lowest BCUT2D eigenvalue weighted by atomic mass is 10.1. The highest BCUT2D eigenvalue weighted by atomic mass is 35.5. The van der Waals surface area contributed by atoms with Crippen LogP contribution in [0.15, 0.2) is 24.3 Å². The van der Waals surface area contributed by atoms with Gasteiger partial charge in [-0.05, 0) is 24.6 Å². The zero-order valence-electron chi connectivity index (χ0n) is 8.57. The summed E-state index contributed by atoms with van der Waals surface area (Å²) < 4.78 is 17.1. The van der Waals surface area contributed by atoms with Gasteiger partial charge in [0, 0.05) is 0 Å². The summed E-state index contributed by atoms with van der Waals surface area (Å²) in [4.78, 5) is 22.5. The number of ketones is 1. The summed E-state index contributed by atoms with van der Waals surface area (Å²) in [5.74, 6) is -2.27. The van der Waals surface area contributed by atoms with Crippen molar-refractivity contribution >= 4 is 23.4 Å². The average Bonchev–Trinajstić information content (AvgIpc) is 2.28. The van der Waals surface area contributed by atoms with Crippen molar-refractivity contribution < 1.29 is 18.7 Å². The van der Waals surface area contributed by atoms with Crippen molar-refractivity contribution in [3.8, 4) is 0 Å². The van der Waals surface area contributed by atoms with Crippen LogP contribution in [0.1, 0.15) is 17.9 Å². The zero-order valence-corrected chi connectivity index (χ0v) is 9.33. The largest absolute Gasteiger partial charge is 0.460 e. The zero-order chi connectivity index (χ0) is 12.1. The van der Waals surface area contributed by atoms with Gasteiger partial charge in [0.15, 0.2) is 0 Å². The standard InChI is InChI=1S/C11H10ClFO3/c1-2-16-11(15)10(14)9(12)7-3-5-8(13)6-4-7/h3-6,9H,2H2,1H3. The first-order valence-corrected chi connectivity index (χ1v) is 5.10. The van der Waals surface area contributed by atoms with Crippen molar-refractivity contribution in [2.75, 3.05) is 6.61 Å². The highest BCUT2D eigenvalue weighted by Crippen LogP contribution is 2.22. The lowest BCUT2D eigenvalue weighted by molar-refractivity contribution is -0.153. The number of alkyl halides is 1. The van der Waals surface area contributed by atoms with Crippen molar-refractivity contribution in [2.45, 2.75) is 12.3 Å². The molecule has 0 aliphatic carbocycles. The molecule has 0 aromatic heterocycles. The van der Waals surface area contributed by atoms with E-state index in [2.05, 4.69) is 4.74 Å². The van der Waals surface area contributed by atoms with Crippen LogP contribution in [0.5, 0.6) is 0 Å². The second kappa shape index (κ2) is 5.61. The summed E-state index contributed by atoms with van der Waals surface area (Å²) in [6.45, 7) is 1.70. The Hall–Kier alpha value is -1.42. The van der Waals surface area contributed by atoms with Crippen molar-refractivity contribution in [1.29, 1.82) is 0 Å². The van der Waals surface area contributed by atoms with Gasteiger partial charge in [0.1, 0.15) is 11.2 Å². The Balaban J connectivity index is 2.77. The molecule has 86 valence electrons. The van der Waals surface area contributed by atoms with Crippen LogP contribution in [0, 0.1) is 5.82 Å². The lowest BCUT2D eigenvalue weighted by Crippen LogP contribution is -2.21. The Bertz CT molecular complexity index is 389. The van der Waals surface area contributed by atoms with E-state index in [4.69, 9.17) is 11.6 Å². The van der Waals surface area contributed by atoms with E-state index in [1.807, 2.05) is 0 Å². The van der Waals surface area contributed by atoms with Gasteiger partial charge < -0.3 is 4.74 Å². The molecule has 0 spiro atoms. The summed E-state index contributed by atoms with van der Waals surface area (Å²) in [5, 5.41) is -1.14. The minimum absolute atomic E-state index is 0.109. The molecule has 3 nitrogen and oxygen atoms in total. The number of Topliss-reactive ketones (excluding diaryl/α,β-unsaturated/α-hetero) is 1. The number of esters is 1. The van der Waals surface area contributed by atoms with Gasteiger partial charge in [0.2, 0.25) is 0 Å². The minimum Gasteiger partial charge on any atom is -0.460 e. The maximum Gasteiger partial charge on any atom is 0.376 e. The number of hydrogen-bond acceptors (Lipinski definition) is 3. The molecule has 16 heavy (non-hydrogen) atoms. The van der Waals surface area contributed by atoms with Crippen LogP contribution >= 0.6 is 11.6 Å². The fourth-order valence-electron chi connectivity index (χ4n) is 1.09. The van der Waals surface area contributed by atoms with Gasteiger partial charge in [-0.15, -0.1) is 11.6 Å². The van der Waals surface area contributed by atoms with Crippen LogP contribution in [-0.2, 0) is 14.3 Å². The number of carbonyl (C=O) groups is 2. The molecule has 1 rings (SSSR count). The predicted octanol–water partition coefficient (Wildman–Crippen LogP) is 2.24. The van der Waals surface area contributed by atoms with E-state index in [-0.39, 0.29) is 6.61 Å². The molecular formula is C11H10ClFO3. The number of halogens is 2. The number of carbonyl (C=O) groups excluding carboxylic acids is 2. The molecular weight excluding hydrogens is 235 g/mol. The van der Waals surface area contributed by atoms with Crippen LogP contribution < -0.4 is 0 Å². The highest BCUT2D eigenvalue weighted by molar-refractivity contribution is 6.47. The quantitative estimate of drug-likeness (QED) is 0.463. The van der Waals surface area contributed by atoms with Gasteiger partial charge in [-0.3, -0.25) is 4.79 Å². The number of benzene rings is 1. The first-order valence-electron chi connectivity index (χ1n) is 4.66. The van der Waals surface area contributed by atoms with Gasteiger partial charge in [0.05, 0.1) is 6.61 Å². The minimum atomic E-state index is -1.14. The summed E-state index contributed by atoms with van der Waals surface area (Å²) in [6, 6.07) is 5.04. The van der Waals surface area contributed by atoms with E-state index in [1.54, 1.807) is 6.92 Å². The molecule has 0 radical (unpaired) electrons. The molecule has 5 heteroatoms. The topological polar surface area (TPSA) is 43.4 Å². The fraction of sp³-hybridized carbons (Fsp3) is 0.273. The van der Waals surface area contributed by atoms with Crippen LogP contribution in [0.3, 0.4) is 0 Å². The molecule has 0 amide bonds. The van der Waals surface area contributed by atoms with Crippen LogP contribution in [0.4, 0.5) is 4.39 Å². The van der Waals surface area contributed by atoms with Gasteiger partial charge in [-0.2, -0.15) is 0 Å². The Morgan fingerprint density at radius 1 is 1.38 bits per heavy atom. The SMILES string of the molecule is CCOC(=O)C(=O)C(Cl)c1ccc(F)cc1. The van der Waals surface area contributed by atoms with Gasteiger partial charge in [-0.25, -0.2) is 9.18 Å². The number of ether oxygens (including phenoxy) is 1. The normalized spacial score (nSPS) is 11.9. The molecule has 0 bridgehead atoms. The van der Waals surface area contributed by atoms with Crippen molar-refractivity contribution in [3.63, 3.8) is 0 Å². The third kappa shape index (κ3) is 3.03. The van der Waals surface area contributed by atoms with Gasteiger partial charge in [0.25, 0.3) is 5.78 Å². The van der Waals surface area contributed by atoms with Crippen LogP contribution in [-0.4, -0.2) is 18.4 Å². The molecule has 1 aromatic carbocycles. The Kier molecular flexibility index (Phi) is 4.43. The summed E-state index contributed by atoms with van der Waals surface area (Å²) >= 11 is 5.77. The third-order valence-electron chi connectivity index (χ3n) is 1.87. The van der Waals surface area contributed by atoms with Crippen LogP contribution in [0.25, 0.3) is 0 Å². The lowest BCUT2D eigenvalue weighted by Gasteiger charge is -2.07. The predicted molar refractivity (Wildman–Crippen MR) is 56.6 cm³/mol. The molecule has 0 N–H and O–H groups in total. The summed E-state index contributed by atoms with van der Waals surface area (Å²) in [7, 11) is 0. The van der Waals surface area contributed by atoms with E-state index in [1.165, 1.54) is 24.3 Å². The molecule has 0 aliphatic rings. The van der Waals surface area contributed by atoms with Crippen molar-refractivity contribution in [3.05, 3.63) is 35.6 Å². The molecule has 0 aliphatic heterocycles. The van der Waals surface area contributed by atoms with Crippen molar-refractivity contribution in [1.82, 2.24) is 0 Å². The van der Waals surface area contributed by atoms with E-state index in [0.717, 1.165) is 0 Å². The third-order valence-corrected chi connectivity index (χ3v) is 2.32. The molecule has 1 unspecified atom stereocenters. The smallest absolute Gasteiger partial charge is 0.376 e. The van der Waals surface area contributed by atoms with E-state index in [0.29, 0.717) is 5.56 Å². The molecule has 0 saturated carbocycles. The molecule has 0 heterocycles. The fourth-order valence-corrected chi connectivity index (χ4v) is 1.32. The second-order valence-corrected chi connectivity index (χ2v) is 3.44. The molecule has 1 atom stereocenters. The summed E-state index contributed by atoms with van der Waals surface area (Å²) in [6.07, 6.45) is 0. The second-order valence-electron chi connectivity index (χ2n) is 3.00. The van der Waals surface area contributed by atoms with Crippen molar-refractivity contribution in [2.24, 2.45) is 0 Å². The molecule has 0 fully saturated rings. The first kappa shape index (κ1) is 12.6.